The van der Waals surface area contributed by atoms with Crippen molar-refractivity contribution in [3.63, 3.8) is 0 Å². The molecule has 1 aromatic heterocycles. The van der Waals surface area contributed by atoms with Crippen molar-refractivity contribution in [2.24, 2.45) is 0 Å². The summed E-state index contributed by atoms with van der Waals surface area (Å²) in [5.74, 6) is 4.87. The van der Waals surface area contributed by atoms with E-state index < -0.39 is 15.7 Å². The molecule has 24 heavy (non-hydrogen) atoms. The fourth-order valence-electron chi connectivity index (χ4n) is 1.94. The third-order valence-electron chi connectivity index (χ3n) is 3.17. The lowest BCUT2D eigenvalue weighted by molar-refractivity contribution is 0.590. The van der Waals surface area contributed by atoms with Gasteiger partial charge >= 0.3 is 0 Å². The van der Waals surface area contributed by atoms with Crippen LogP contribution in [0.15, 0.2) is 76.7 Å². The lowest BCUT2D eigenvalue weighted by Gasteiger charge is -2.02. The third kappa shape index (κ3) is 3.31. The third-order valence-corrected chi connectivity index (χ3v) is 4.83. The van der Waals surface area contributed by atoms with Crippen LogP contribution in [0.5, 0.6) is 0 Å². The average molecular weight is 338 g/mol. The Morgan fingerprint density at radius 3 is 2.17 bits per heavy atom. The predicted octanol–water partition coefficient (Wildman–Crippen LogP) is 2.85. The monoisotopic (exact) mass is 338 g/mol. The van der Waals surface area contributed by atoms with Gasteiger partial charge in [-0.2, -0.15) is 0 Å². The van der Waals surface area contributed by atoms with E-state index in [2.05, 4.69) is 22.0 Å². The van der Waals surface area contributed by atoms with Crippen molar-refractivity contribution in [2.45, 2.75) is 9.92 Å². The molecule has 4 nitrogen and oxygen atoms in total. The zero-order chi connectivity index (χ0) is 17.0. The highest BCUT2D eigenvalue weighted by molar-refractivity contribution is 7.91. The number of sulfone groups is 1. The smallest absolute Gasteiger partial charge is 0.217 e. The molecule has 2 aromatic carbocycles. The summed E-state index contributed by atoms with van der Waals surface area (Å²) in [6.45, 7) is 0. The molecular formula is C18H11FN2O2S. The fourth-order valence-corrected chi connectivity index (χ4v) is 3.10. The highest BCUT2D eigenvalue weighted by Crippen LogP contribution is 2.17. The molecule has 0 saturated carbocycles. The Kier molecular flexibility index (Phi) is 4.36. The molecule has 1 heterocycles. The summed E-state index contributed by atoms with van der Waals surface area (Å²) < 4.78 is 38.2. The standard InChI is InChI=1S/C18H11FN2O2S/c19-17-9-5-4-6-14(17)10-11-15-12-13-18(21-20-15)24(22,23)16-7-2-1-3-8-16/h1-9,12-13H. The lowest BCUT2D eigenvalue weighted by Crippen LogP contribution is -2.05. The summed E-state index contributed by atoms with van der Waals surface area (Å²) in [5, 5.41) is 7.36. The first-order chi connectivity index (χ1) is 11.6. The molecule has 118 valence electrons. The van der Waals surface area contributed by atoms with Crippen molar-refractivity contribution in [1.82, 2.24) is 10.2 Å². The molecule has 0 amide bonds. The normalized spacial score (nSPS) is 10.7. The summed E-state index contributed by atoms with van der Waals surface area (Å²) in [6, 6.07) is 16.9. The average Bonchev–Trinajstić information content (AvgIpc) is 2.62. The predicted molar refractivity (Wildman–Crippen MR) is 86.3 cm³/mol. The zero-order valence-corrected chi connectivity index (χ0v) is 13.2. The minimum absolute atomic E-state index is 0.143. The molecule has 0 aliphatic carbocycles. The second kappa shape index (κ2) is 6.60. The molecule has 0 radical (unpaired) electrons. The van der Waals surface area contributed by atoms with E-state index in [9.17, 15) is 12.8 Å². The van der Waals surface area contributed by atoms with Gasteiger partial charge in [-0.3, -0.25) is 0 Å². The largest absolute Gasteiger partial charge is 0.225 e. The molecule has 0 unspecified atom stereocenters. The van der Waals surface area contributed by atoms with E-state index >= 15 is 0 Å². The van der Waals surface area contributed by atoms with Gasteiger partial charge in [0, 0.05) is 0 Å². The number of nitrogens with zero attached hydrogens (tertiary/aromatic N) is 2. The molecule has 0 saturated heterocycles. The molecule has 3 aromatic rings. The van der Waals surface area contributed by atoms with Crippen molar-refractivity contribution in [1.29, 1.82) is 0 Å². The summed E-state index contributed by atoms with van der Waals surface area (Å²) in [6.07, 6.45) is 0. The van der Waals surface area contributed by atoms with E-state index in [0.29, 0.717) is 0 Å². The van der Waals surface area contributed by atoms with Gasteiger partial charge < -0.3 is 0 Å². The molecule has 0 spiro atoms. The maximum Gasteiger partial charge on any atom is 0.225 e. The number of rotatable bonds is 2. The summed E-state index contributed by atoms with van der Waals surface area (Å²) in [5.41, 5.74) is 0.491. The van der Waals surface area contributed by atoms with Crippen molar-refractivity contribution >= 4 is 9.84 Å². The van der Waals surface area contributed by atoms with Crippen LogP contribution < -0.4 is 0 Å². The Morgan fingerprint density at radius 1 is 0.792 bits per heavy atom. The Hall–Kier alpha value is -3.04. The zero-order valence-electron chi connectivity index (χ0n) is 12.3. The molecule has 0 aliphatic rings. The molecule has 0 bridgehead atoms. The second-order valence-corrected chi connectivity index (χ2v) is 6.70. The van der Waals surface area contributed by atoms with E-state index in [4.69, 9.17) is 0 Å². The van der Waals surface area contributed by atoms with Crippen LogP contribution in [0.25, 0.3) is 0 Å². The summed E-state index contributed by atoms with van der Waals surface area (Å²) in [7, 11) is -3.71. The van der Waals surface area contributed by atoms with E-state index in [1.54, 1.807) is 36.4 Å². The van der Waals surface area contributed by atoms with E-state index in [-0.39, 0.29) is 21.2 Å². The molecule has 0 atom stereocenters. The Labute approximate surface area is 138 Å². The molecule has 0 N–H and O–H groups in total. The van der Waals surface area contributed by atoms with Crippen LogP contribution in [0.2, 0.25) is 0 Å². The minimum Gasteiger partial charge on any atom is -0.217 e. The number of aromatic nitrogens is 2. The van der Waals surface area contributed by atoms with E-state index in [1.165, 1.54) is 30.3 Å². The van der Waals surface area contributed by atoms with Crippen LogP contribution >= 0.6 is 0 Å². The minimum atomic E-state index is -3.71. The summed E-state index contributed by atoms with van der Waals surface area (Å²) >= 11 is 0. The van der Waals surface area contributed by atoms with Crippen molar-refractivity contribution < 1.29 is 12.8 Å². The molecule has 0 fully saturated rings. The van der Waals surface area contributed by atoms with Crippen molar-refractivity contribution in [3.8, 4) is 11.8 Å². The molecular weight excluding hydrogens is 327 g/mol. The molecule has 0 aliphatic heterocycles. The van der Waals surface area contributed by atoms with Gasteiger partial charge in [-0.25, -0.2) is 12.8 Å². The van der Waals surface area contributed by atoms with Crippen LogP contribution in [-0.2, 0) is 9.84 Å². The Balaban J connectivity index is 1.89. The molecule has 6 heteroatoms. The van der Waals surface area contributed by atoms with Gasteiger partial charge in [0.05, 0.1) is 10.5 Å². The van der Waals surface area contributed by atoms with Gasteiger partial charge in [0.15, 0.2) is 5.03 Å². The van der Waals surface area contributed by atoms with Gasteiger partial charge in [0.2, 0.25) is 9.84 Å². The lowest BCUT2D eigenvalue weighted by atomic mass is 10.2. The highest BCUT2D eigenvalue weighted by Gasteiger charge is 2.19. The Bertz CT molecular complexity index is 1020. The number of hydrogen-bond donors (Lipinski definition) is 0. The first-order valence-electron chi connectivity index (χ1n) is 6.98. The van der Waals surface area contributed by atoms with Gasteiger partial charge in [-0.15, -0.1) is 10.2 Å². The van der Waals surface area contributed by atoms with Gasteiger partial charge in [-0.1, -0.05) is 36.3 Å². The first kappa shape index (κ1) is 15.8. The van der Waals surface area contributed by atoms with Crippen LogP contribution in [0.3, 0.4) is 0 Å². The van der Waals surface area contributed by atoms with E-state index in [1.807, 2.05) is 0 Å². The highest BCUT2D eigenvalue weighted by atomic mass is 32.2. The number of hydrogen-bond acceptors (Lipinski definition) is 4. The van der Waals surface area contributed by atoms with Gasteiger partial charge in [-0.05, 0) is 42.3 Å². The summed E-state index contributed by atoms with van der Waals surface area (Å²) in [4.78, 5) is 0.143. The maximum absolute atomic E-state index is 13.5. The first-order valence-corrected chi connectivity index (χ1v) is 8.46. The maximum atomic E-state index is 13.5. The quantitative estimate of drug-likeness (QED) is 0.674. The second-order valence-electron chi connectivity index (χ2n) is 4.80. The van der Waals surface area contributed by atoms with Crippen LogP contribution in [-0.4, -0.2) is 18.6 Å². The molecule has 3 rings (SSSR count). The SMILES string of the molecule is O=S(=O)(c1ccccc1)c1ccc(C#Cc2ccccc2F)nn1. The van der Waals surface area contributed by atoms with E-state index in [0.717, 1.165) is 0 Å². The van der Waals surface area contributed by atoms with Crippen LogP contribution in [0.4, 0.5) is 4.39 Å². The van der Waals surface area contributed by atoms with Gasteiger partial charge in [0.25, 0.3) is 0 Å². The van der Waals surface area contributed by atoms with Crippen LogP contribution in [0.1, 0.15) is 11.3 Å². The van der Waals surface area contributed by atoms with Gasteiger partial charge in [0.1, 0.15) is 11.5 Å². The van der Waals surface area contributed by atoms with Crippen molar-refractivity contribution in [2.75, 3.05) is 0 Å². The fraction of sp³-hybridized carbons (Fsp3) is 0. The number of benzene rings is 2. The number of halogens is 1. The topological polar surface area (TPSA) is 59.9 Å². The Morgan fingerprint density at radius 2 is 1.50 bits per heavy atom. The van der Waals surface area contributed by atoms with Crippen LogP contribution in [0, 0.1) is 17.7 Å². The van der Waals surface area contributed by atoms with Crippen molar-refractivity contribution in [3.05, 3.63) is 83.8 Å².